The van der Waals surface area contributed by atoms with Gasteiger partial charge in [-0.3, -0.25) is 4.79 Å². The summed E-state index contributed by atoms with van der Waals surface area (Å²) in [5.74, 6) is 0.436. The molecule has 0 radical (unpaired) electrons. The Hall–Kier alpha value is -4.00. The van der Waals surface area contributed by atoms with Gasteiger partial charge in [-0.1, -0.05) is 37.3 Å². The van der Waals surface area contributed by atoms with Crippen molar-refractivity contribution in [2.75, 3.05) is 5.32 Å². The Labute approximate surface area is 178 Å². The van der Waals surface area contributed by atoms with Crippen LogP contribution in [0.4, 0.5) is 10.1 Å². The van der Waals surface area contributed by atoms with E-state index in [1.54, 1.807) is 18.2 Å². The molecule has 156 valence electrons. The molecule has 0 unspecified atom stereocenters. The van der Waals surface area contributed by atoms with E-state index in [9.17, 15) is 9.18 Å². The minimum Gasteiger partial charge on any atom is -0.480 e. The molecule has 3 aromatic carbocycles. The third-order valence-electron chi connectivity index (χ3n) is 4.61. The molecular weight excluding hydrogens is 397 g/mol. The second-order valence-corrected chi connectivity index (χ2v) is 6.79. The molecule has 1 aromatic heterocycles. The number of nitrogens with zero attached hydrogens (tertiary/aromatic N) is 2. The molecule has 1 amide bonds. The van der Waals surface area contributed by atoms with Crippen molar-refractivity contribution < 1.29 is 18.3 Å². The Bertz CT molecular complexity index is 1160. The van der Waals surface area contributed by atoms with E-state index in [1.807, 2.05) is 43.3 Å². The van der Waals surface area contributed by atoms with Crippen LogP contribution in [0.25, 0.3) is 22.9 Å². The van der Waals surface area contributed by atoms with Crippen molar-refractivity contribution in [2.45, 2.75) is 19.4 Å². The van der Waals surface area contributed by atoms with E-state index >= 15 is 0 Å². The first kappa shape index (κ1) is 20.3. The summed E-state index contributed by atoms with van der Waals surface area (Å²) in [5.41, 5.74) is 1.89. The third-order valence-corrected chi connectivity index (χ3v) is 4.61. The van der Waals surface area contributed by atoms with Gasteiger partial charge in [-0.15, -0.1) is 10.2 Å². The molecule has 0 bridgehead atoms. The van der Waals surface area contributed by atoms with Gasteiger partial charge in [-0.25, -0.2) is 4.39 Å². The van der Waals surface area contributed by atoms with Crippen molar-refractivity contribution >= 4 is 11.6 Å². The summed E-state index contributed by atoms with van der Waals surface area (Å²) in [6.45, 7) is 1.84. The minimum absolute atomic E-state index is 0.295. The first-order chi connectivity index (χ1) is 15.1. The van der Waals surface area contributed by atoms with Gasteiger partial charge in [0.15, 0.2) is 6.10 Å². The van der Waals surface area contributed by atoms with Gasteiger partial charge < -0.3 is 14.5 Å². The summed E-state index contributed by atoms with van der Waals surface area (Å²) in [6.07, 6.45) is -0.330. The zero-order chi connectivity index (χ0) is 21.6. The molecule has 31 heavy (non-hydrogen) atoms. The van der Waals surface area contributed by atoms with Crippen molar-refractivity contribution in [2.24, 2.45) is 0 Å². The summed E-state index contributed by atoms with van der Waals surface area (Å²) in [6, 6.07) is 22.2. The minimum atomic E-state index is -0.761. The number of amides is 1. The average molecular weight is 417 g/mol. The molecule has 1 heterocycles. The van der Waals surface area contributed by atoms with Gasteiger partial charge in [-0.05, 0) is 55.0 Å². The van der Waals surface area contributed by atoms with Crippen LogP contribution < -0.4 is 10.1 Å². The number of hydrogen-bond acceptors (Lipinski definition) is 5. The average Bonchev–Trinajstić information content (AvgIpc) is 3.30. The van der Waals surface area contributed by atoms with Crippen LogP contribution >= 0.6 is 0 Å². The maximum atomic E-state index is 13.1. The number of ether oxygens (including phenoxy) is 1. The standard InChI is InChI=1S/C24H20FN3O3/c1-2-20(22(29)26-18-14-12-17(25)13-15-18)30-21-11-7-6-10-19(21)24-28-27-23(31-24)16-8-4-3-5-9-16/h3-15,20H,2H2,1H3,(H,26,29)/t20-/m0/s1. The number of nitrogens with one attached hydrogen (secondary N) is 1. The molecule has 0 saturated carbocycles. The second-order valence-electron chi connectivity index (χ2n) is 6.79. The Kier molecular flexibility index (Phi) is 6.03. The molecule has 0 saturated heterocycles. The highest BCUT2D eigenvalue weighted by molar-refractivity contribution is 5.94. The fourth-order valence-corrected chi connectivity index (χ4v) is 3.01. The molecule has 0 aliphatic heterocycles. The monoisotopic (exact) mass is 417 g/mol. The molecule has 6 nitrogen and oxygen atoms in total. The fourth-order valence-electron chi connectivity index (χ4n) is 3.01. The predicted octanol–water partition coefficient (Wildman–Crippen LogP) is 5.34. The number of rotatable bonds is 7. The predicted molar refractivity (Wildman–Crippen MR) is 115 cm³/mol. The molecular formula is C24H20FN3O3. The van der Waals surface area contributed by atoms with Crippen LogP contribution in [-0.2, 0) is 4.79 Å². The zero-order valence-corrected chi connectivity index (χ0v) is 16.8. The Morgan fingerprint density at radius 2 is 1.65 bits per heavy atom. The maximum absolute atomic E-state index is 13.1. The van der Waals surface area contributed by atoms with Crippen LogP contribution in [0.5, 0.6) is 5.75 Å². The number of halogens is 1. The van der Waals surface area contributed by atoms with Crippen LogP contribution in [0.3, 0.4) is 0 Å². The van der Waals surface area contributed by atoms with E-state index in [2.05, 4.69) is 15.5 Å². The maximum Gasteiger partial charge on any atom is 0.265 e. The number of hydrogen-bond donors (Lipinski definition) is 1. The van der Waals surface area contributed by atoms with Crippen LogP contribution in [0, 0.1) is 5.82 Å². The molecule has 7 heteroatoms. The first-order valence-electron chi connectivity index (χ1n) is 9.85. The Balaban J connectivity index is 1.54. The zero-order valence-electron chi connectivity index (χ0n) is 16.8. The lowest BCUT2D eigenvalue weighted by atomic mass is 10.2. The number of aromatic nitrogens is 2. The van der Waals surface area contributed by atoms with E-state index in [0.29, 0.717) is 35.2 Å². The van der Waals surface area contributed by atoms with Crippen molar-refractivity contribution in [3.05, 3.63) is 84.7 Å². The van der Waals surface area contributed by atoms with E-state index in [4.69, 9.17) is 9.15 Å². The molecule has 0 fully saturated rings. The molecule has 1 atom stereocenters. The highest BCUT2D eigenvalue weighted by Gasteiger charge is 2.22. The Morgan fingerprint density at radius 1 is 0.968 bits per heavy atom. The van der Waals surface area contributed by atoms with Gasteiger partial charge in [0.05, 0.1) is 5.56 Å². The van der Waals surface area contributed by atoms with Crippen molar-refractivity contribution in [3.8, 4) is 28.7 Å². The van der Waals surface area contributed by atoms with Crippen LogP contribution in [0.15, 0.2) is 83.3 Å². The fraction of sp³-hybridized carbons (Fsp3) is 0.125. The van der Waals surface area contributed by atoms with Gasteiger partial charge in [0.1, 0.15) is 11.6 Å². The normalized spacial score (nSPS) is 11.7. The second kappa shape index (κ2) is 9.21. The largest absolute Gasteiger partial charge is 0.480 e. The van der Waals surface area contributed by atoms with Crippen molar-refractivity contribution in [1.82, 2.24) is 10.2 Å². The smallest absolute Gasteiger partial charge is 0.265 e. The van der Waals surface area contributed by atoms with Crippen LogP contribution in [-0.4, -0.2) is 22.2 Å². The molecule has 4 aromatic rings. The van der Waals surface area contributed by atoms with E-state index in [0.717, 1.165) is 5.56 Å². The lowest BCUT2D eigenvalue weighted by Crippen LogP contribution is -2.32. The number of carbonyl (C=O) groups is 1. The molecule has 0 aliphatic carbocycles. The number of para-hydroxylation sites is 1. The summed E-state index contributed by atoms with van der Waals surface area (Å²) in [4.78, 5) is 12.7. The summed E-state index contributed by atoms with van der Waals surface area (Å²) >= 11 is 0. The number of carbonyl (C=O) groups excluding carboxylic acids is 1. The van der Waals surface area contributed by atoms with E-state index in [-0.39, 0.29) is 11.7 Å². The topological polar surface area (TPSA) is 77.2 Å². The highest BCUT2D eigenvalue weighted by atomic mass is 19.1. The molecule has 0 aliphatic rings. The summed E-state index contributed by atoms with van der Waals surface area (Å²) in [5, 5.41) is 11.0. The van der Waals surface area contributed by atoms with Gasteiger partial charge in [0.2, 0.25) is 5.89 Å². The van der Waals surface area contributed by atoms with Crippen molar-refractivity contribution in [1.29, 1.82) is 0 Å². The van der Waals surface area contributed by atoms with Gasteiger partial charge in [0.25, 0.3) is 11.8 Å². The van der Waals surface area contributed by atoms with Crippen LogP contribution in [0.1, 0.15) is 13.3 Å². The summed E-state index contributed by atoms with van der Waals surface area (Å²) in [7, 11) is 0. The van der Waals surface area contributed by atoms with Gasteiger partial charge in [-0.2, -0.15) is 0 Å². The quantitative estimate of drug-likeness (QED) is 0.439. The number of benzene rings is 3. The SMILES string of the molecule is CC[C@H](Oc1ccccc1-c1nnc(-c2ccccc2)o1)C(=O)Nc1ccc(F)cc1. The summed E-state index contributed by atoms with van der Waals surface area (Å²) < 4.78 is 24.9. The van der Waals surface area contributed by atoms with Crippen molar-refractivity contribution in [3.63, 3.8) is 0 Å². The lowest BCUT2D eigenvalue weighted by molar-refractivity contribution is -0.122. The van der Waals surface area contributed by atoms with E-state index in [1.165, 1.54) is 24.3 Å². The van der Waals surface area contributed by atoms with Gasteiger partial charge in [0, 0.05) is 11.3 Å². The Morgan fingerprint density at radius 3 is 2.39 bits per heavy atom. The first-order valence-corrected chi connectivity index (χ1v) is 9.85. The van der Waals surface area contributed by atoms with Crippen LogP contribution in [0.2, 0.25) is 0 Å². The number of anilines is 1. The van der Waals surface area contributed by atoms with E-state index < -0.39 is 6.10 Å². The highest BCUT2D eigenvalue weighted by Crippen LogP contribution is 2.32. The molecule has 1 N–H and O–H groups in total. The molecule has 4 rings (SSSR count). The third kappa shape index (κ3) is 4.78. The lowest BCUT2D eigenvalue weighted by Gasteiger charge is -2.18. The molecule has 0 spiro atoms. The van der Waals surface area contributed by atoms with Gasteiger partial charge >= 0.3 is 0 Å².